The summed E-state index contributed by atoms with van der Waals surface area (Å²) in [4.78, 5) is 12.6. The van der Waals surface area contributed by atoms with E-state index in [1.807, 2.05) is 6.07 Å². The molecule has 0 saturated heterocycles. The topological polar surface area (TPSA) is 96.3 Å². The van der Waals surface area contributed by atoms with E-state index in [2.05, 4.69) is 37.2 Å². The Morgan fingerprint density at radius 1 is 1.06 bits per heavy atom. The van der Waals surface area contributed by atoms with Crippen molar-refractivity contribution in [3.05, 3.63) is 91.8 Å². The zero-order valence-electron chi connectivity index (χ0n) is 16.1. The van der Waals surface area contributed by atoms with Crippen LogP contribution in [0.5, 0.6) is 5.75 Å². The Hall–Kier alpha value is -2.64. The van der Waals surface area contributed by atoms with E-state index in [4.69, 9.17) is 15.8 Å². The summed E-state index contributed by atoms with van der Waals surface area (Å²) >= 11 is 12.5. The van der Waals surface area contributed by atoms with Gasteiger partial charge in [0, 0.05) is 20.7 Å². The molecule has 0 aliphatic carbocycles. The molecule has 3 rings (SSSR count). The molecule has 0 heterocycles. The van der Waals surface area contributed by atoms with Gasteiger partial charge in [0.05, 0.1) is 4.47 Å². The van der Waals surface area contributed by atoms with Crippen LogP contribution in [0.2, 0.25) is 5.02 Å². The second-order valence-corrected chi connectivity index (χ2v) is 10.0. The lowest BCUT2D eigenvalue weighted by Crippen LogP contribution is -2.14. The van der Waals surface area contributed by atoms with Crippen LogP contribution in [0.25, 0.3) is 6.08 Å². The van der Waals surface area contributed by atoms with Gasteiger partial charge in [-0.15, -0.1) is 0 Å². The van der Waals surface area contributed by atoms with E-state index >= 15 is 0 Å². The van der Waals surface area contributed by atoms with Gasteiger partial charge in [-0.25, -0.2) is 0 Å². The number of amides is 1. The molecule has 0 aliphatic heterocycles. The summed E-state index contributed by atoms with van der Waals surface area (Å²) in [7, 11) is -4.16. The van der Waals surface area contributed by atoms with Gasteiger partial charge in [-0.2, -0.15) is 13.7 Å². The second kappa shape index (κ2) is 10.3. The van der Waals surface area contributed by atoms with Gasteiger partial charge in [0.15, 0.2) is 5.75 Å². The fourth-order valence-corrected chi connectivity index (χ4v) is 5.12. The van der Waals surface area contributed by atoms with Gasteiger partial charge in [-0.3, -0.25) is 4.79 Å². The number of nitriles is 1. The molecule has 0 saturated carbocycles. The molecular formula is C22H13Br2ClN2O4S. The monoisotopic (exact) mass is 594 g/mol. The number of nitrogens with zero attached hydrogens (tertiary/aromatic N) is 1. The highest BCUT2D eigenvalue weighted by atomic mass is 79.9. The van der Waals surface area contributed by atoms with Gasteiger partial charge in [0.25, 0.3) is 5.91 Å². The van der Waals surface area contributed by atoms with Crippen LogP contribution in [0.4, 0.5) is 5.69 Å². The van der Waals surface area contributed by atoms with Crippen molar-refractivity contribution in [3.8, 4) is 11.8 Å². The number of benzene rings is 3. The lowest BCUT2D eigenvalue weighted by Gasteiger charge is -2.13. The molecule has 0 atom stereocenters. The van der Waals surface area contributed by atoms with E-state index in [0.29, 0.717) is 19.7 Å². The van der Waals surface area contributed by atoms with Crippen LogP contribution in [-0.2, 0) is 14.9 Å². The standard InChI is InChI=1S/C22H13Br2ClN2O4S/c23-16-11-14(10-15(13-26)22(28)27-18-8-6-17(25)7-9-18)21(20(24)12-16)31-32(29,30)19-4-2-1-3-5-19/h1-12H,(H,27,28)/b15-10+. The largest absolute Gasteiger partial charge is 0.377 e. The first-order valence-corrected chi connectivity index (χ1v) is 12.2. The van der Waals surface area contributed by atoms with Crippen molar-refractivity contribution in [3.63, 3.8) is 0 Å². The van der Waals surface area contributed by atoms with Crippen molar-refractivity contribution in [1.82, 2.24) is 0 Å². The number of anilines is 1. The molecule has 3 aromatic carbocycles. The molecule has 1 amide bonds. The molecule has 0 spiro atoms. The number of rotatable bonds is 6. The van der Waals surface area contributed by atoms with E-state index in [0.717, 1.165) is 0 Å². The molecule has 0 unspecified atom stereocenters. The summed E-state index contributed by atoms with van der Waals surface area (Å²) < 4.78 is 31.7. The zero-order valence-corrected chi connectivity index (χ0v) is 20.8. The SMILES string of the molecule is N#C/C(=C\c1cc(Br)cc(Br)c1OS(=O)(=O)c1ccccc1)C(=O)Nc1ccc(Cl)cc1. The zero-order chi connectivity index (χ0) is 23.3. The van der Waals surface area contributed by atoms with Crippen molar-refractivity contribution in [2.45, 2.75) is 4.90 Å². The molecular weight excluding hydrogens is 584 g/mol. The van der Waals surface area contributed by atoms with Crippen LogP contribution in [0.3, 0.4) is 0 Å². The average molecular weight is 597 g/mol. The fraction of sp³-hybridized carbons (Fsp3) is 0. The van der Waals surface area contributed by atoms with Crippen molar-refractivity contribution in [2.75, 3.05) is 5.32 Å². The van der Waals surface area contributed by atoms with Crippen LogP contribution in [0.1, 0.15) is 5.56 Å². The number of hydrogen-bond acceptors (Lipinski definition) is 5. The molecule has 3 aromatic rings. The van der Waals surface area contributed by atoms with Gasteiger partial charge in [-0.05, 0) is 70.5 Å². The quantitative estimate of drug-likeness (QED) is 0.208. The third kappa shape index (κ3) is 5.99. The smallest absolute Gasteiger partial charge is 0.339 e. The van der Waals surface area contributed by atoms with E-state index in [1.54, 1.807) is 48.5 Å². The number of hydrogen-bond donors (Lipinski definition) is 1. The number of halogens is 3. The van der Waals surface area contributed by atoms with Crippen LogP contribution in [0, 0.1) is 11.3 Å². The van der Waals surface area contributed by atoms with Crippen molar-refractivity contribution >= 4 is 71.2 Å². The molecule has 162 valence electrons. The number of nitrogens with one attached hydrogen (secondary N) is 1. The summed E-state index contributed by atoms with van der Waals surface area (Å²) in [5.41, 5.74) is 0.388. The molecule has 0 radical (unpaired) electrons. The Balaban J connectivity index is 1.99. The van der Waals surface area contributed by atoms with E-state index in [9.17, 15) is 18.5 Å². The van der Waals surface area contributed by atoms with Gasteiger partial charge in [0.1, 0.15) is 16.5 Å². The molecule has 0 aromatic heterocycles. The first kappa shape index (κ1) is 24.0. The summed E-state index contributed by atoms with van der Waals surface area (Å²) in [5.74, 6) is -0.744. The van der Waals surface area contributed by atoms with Gasteiger partial charge in [0.2, 0.25) is 0 Å². The predicted molar refractivity (Wildman–Crippen MR) is 130 cm³/mol. The summed E-state index contributed by atoms with van der Waals surface area (Å²) in [6.45, 7) is 0. The second-order valence-electron chi connectivity index (χ2n) is 6.29. The van der Waals surface area contributed by atoms with Crippen molar-refractivity contribution in [2.24, 2.45) is 0 Å². The first-order valence-electron chi connectivity index (χ1n) is 8.87. The van der Waals surface area contributed by atoms with Crippen molar-refractivity contribution < 1.29 is 17.4 Å². The van der Waals surface area contributed by atoms with E-state index < -0.39 is 16.0 Å². The summed E-state index contributed by atoms with van der Waals surface area (Å²) in [5, 5.41) is 12.6. The summed E-state index contributed by atoms with van der Waals surface area (Å²) in [6.07, 6.45) is 1.25. The highest BCUT2D eigenvalue weighted by Gasteiger charge is 2.21. The minimum atomic E-state index is -4.16. The van der Waals surface area contributed by atoms with Crippen LogP contribution >= 0.6 is 43.5 Å². The van der Waals surface area contributed by atoms with E-state index in [-0.39, 0.29) is 21.8 Å². The third-order valence-electron chi connectivity index (χ3n) is 4.03. The highest BCUT2D eigenvalue weighted by molar-refractivity contribution is 9.11. The maximum Gasteiger partial charge on any atom is 0.339 e. The summed E-state index contributed by atoms with van der Waals surface area (Å²) in [6, 6.07) is 19.0. The average Bonchev–Trinajstić information content (AvgIpc) is 2.76. The highest BCUT2D eigenvalue weighted by Crippen LogP contribution is 2.36. The minimum Gasteiger partial charge on any atom is -0.377 e. The Kier molecular flexibility index (Phi) is 7.74. The predicted octanol–water partition coefficient (Wildman–Crippen LogP) is 6.18. The molecule has 10 heteroatoms. The Morgan fingerprint density at radius 2 is 1.72 bits per heavy atom. The molecule has 0 aliphatic rings. The molecule has 32 heavy (non-hydrogen) atoms. The van der Waals surface area contributed by atoms with Crippen molar-refractivity contribution in [1.29, 1.82) is 5.26 Å². The Labute approximate surface area is 206 Å². The molecule has 0 fully saturated rings. The normalized spacial score (nSPS) is 11.5. The lowest BCUT2D eigenvalue weighted by molar-refractivity contribution is -0.112. The molecule has 0 bridgehead atoms. The van der Waals surface area contributed by atoms with Gasteiger partial charge in [-0.1, -0.05) is 45.7 Å². The number of carbonyl (C=O) groups excluding carboxylic acids is 1. The van der Waals surface area contributed by atoms with Crippen LogP contribution in [-0.4, -0.2) is 14.3 Å². The van der Waals surface area contributed by atoms with Gasteiger partial charge < -0.3 is 9.50 Å². The molecule has 6 nitrogen and oxygen atoms in total. The Bertz CT molecular complexity index is 1340. The lowest BCUT2D eigenvalue weighted by atomic mass is 10.1. The third-order valence-corrected chi connectivity index (χ3v) is 6.56. The maximum atomic E-state index is 12.7. The maximum absolute atomic E-state index is 12.7. The Morgan fingerprint density at radius 3 is 2.34 bits per heavy atom. The van der Waals surface area contributed by atoms with Gasteiger partial charge >= 0.3 is 10.1 Å². The minimum absolute atomic E-state index is 0.0364. The van der Waals surface area contributed by atoms with Crippen LogP contribution in [0.15, 0.2) is 86.1 Å². The van der Waals surface area contributed by atoms with E-state index in [1.165, 1.54) is 24.3 Å². The first-order chi connectivity index (χ1) is 15.2. The van der Waals surface area contributed by atoms with Crippen LogP contribution < -0.4 is 9.50 Å². The number of carbonyl (C=O) groups is 1. The molecule has 1 N–H and O–H groups in total. The fourth-order valence-electron chi connectivity index (χ4n) is 2.56.